The molecule has 8 aliphatic carbocycles. The van der Waals surface area contributed by atoms with Crippen molar-refractivity contribution in [1.82, 2.24) is 0 Å². The first-order chi connectivity index (χ1) is 21.7. The van der Waals surface area contributed by atoms with Crippen molar-refractivity contribution in [2.24, 2.45) is 69.0 Å². The Bertz CT molecular complexity index is 1330. The van der Waals surface area contributed by atoms with Gasteiger partial charge in [-0.1, -0.05) is 51.0 Å². The van der Waals surface area contributed by atoms with Crippen LogP contribution in [0.15, 0.2) is 35.5 Å². The van der Waals surface area contributed by atoms with E-state index in [0.29, 0.717) is 33.7 Å². The van der Waals surface area contributed by atoms with Gasteiger partial charge in [0.1, 0.15) is 0 Å². The summed E-state index contributed by atoms with van der Waals surface area (Å²) in [4.78, 5) is 23.8. The molecule has 0 bridgehead atoms. The first kappa shape index (κ1) is 33.0. The van der Waals surface area contributed by atoms with Crippen molar-refractivity contribution in [2.45, 2.75) is 150 Å². The zero-order valence-corrected chi connectivity index (χ0v) is 30.1. The maximum absolute atomic E-state index is 11.9. The summed E-state index contributed by atoms with van der Waals surface area (Å²) in [6.07, 6.45) is 23.0. The highest BCUT2D eigenvalue weighted by Gasteiger charge is 2.60. The van der Waals surface area contributed by atoms with Gasteiger partial charge in [0.25, 0.3) is 0 Å². The van der Waals surface area contributed by atoms with Crippen LogP contribution >= 0.6 is 0 Å². The van der Waals surface area contributed by atoms with E-state index in [9.17, 15) is 14.7 Å². The van der Waals surface area contributed by atoms with Crippen LogP contribution in [0, 0.1) is 69.0 Å². The number of carbonyl (C=O) groups is 2. The van der Waals surface area contributed by atoms with E-state index in [1.165, 1.54) is 87.3 Å². The summed E-state index contributed by atoms with van der Waals surface area (Å²) in [6, 6.07) is 0. The molecule has 0 aliphatic heterocycles. The Morgan fingerprint density at radius 2 is 1.15 bits per heavy atom. The molecule has 6 fully saturated rings. The van der Waals surface area contributed by atoms with E-state index in [1.807, 2.05) is 19.1 Å². The van der Waals surface area contributed by atoms with Crippen LogP contribution in [0.5, 0.6) is 0 Å². The van der Waals surface area contributed by atoms with E-state index in [4.69, 9.17) is 0 Å². The molecule has 3 heteroatoms. The lowest BCUT2D eigenvalue weighted by Gasteiger charge is -2.58. The Morgan fingerprint density at radius 1 is 0.674 bits per heavy atom. The van der Waals surface area contributed by atoms with Crippen molar-refractivity contribution in [2.75, 3.05) is 0 Å². The van der Waals surface area contributed by atoms with Gasteiger partial charge < -0.3 is 5.11 Å². The molecule has 8 aliphatic rings. The summed E-state index contributed by atoms with van der Waals surface area (Å²) < 4.78 is 0. The second-order valence-electron chi connectivity index (χ2n) is 18.9. The highest BCUT2D eigenvalue weighted by Crippen LogP contribution is 2.68. The number of hydrogen-bond donors (Lipinski definition) is 1. The second kappa shape index (κ2) is 11.6. The summed E-state index contributed by atoms with van der Waals surface area (Å²) >= 11 is 0. The fourth-order valence-corrected chi connectivity index (χ4v) is 14.8. The molecule has 0 aromatic rings. The van der Waals surface area contributed by atoms with Crippen molar-refractivity contribution < 1.29 is 14.7 Å². The van der Waals surface area contributed by atoms with Crippen molar-refractivity contribution in [1.29, 1.82) is 0 Å². The zero-order valence-electron chi connectivity index (χ0n) is 30.1. The predicted octanol–water partition coefficient (Wildman–Crippen LogP) is 10.2. The normalized spacial score (nSPS) is 49.8. The van der Waals surface area contributed by atoms with Crippen LogP contribution in [0.3, 0.4) is 0 Å². The van der Waals surface area contributed by atoms with Gasteiger partial charge >= 0.3 is 0 Å². The maximum atomic E-state index is 11.9. The Balaban J connectivity index is 0.000000147. The van der Waals surface area contributed by atoms with Crippen LogP contribution in [-0.4, -0.2) is 22.8 Å². The molecule has 13 atom stereocenters. The first-order valence-corrected chi connectivity index (χ1v) is 19.5. The molecule has 0 aromatic carbocycles. The lowest BCUT2D eigenvalue weighted by Crippen LogP contribution is -2.51. The Kier molecular flexibility index (Phi) is 8.30. The Hall–Kier alpha value is -1.48. The van der Waals surface area contributed by atoms with E-state index >= 15 is 0 Å². The van der Waals surface area contributed by atoms with Crippen molar-refractivity contribution >= 4 is 11.6 Å². The number of aliphatic hydroxyl groups excluding tert-OH is 1. The fraction of sp³-hybridized carbons (Fsp3) is 0.814. The highest BCUT2D eigenvalue weighted by molar-refractivity contribution is 5.92. The number of ketones is 2. The van der Waals surface area contributed by atoms with Gasteiger partial charge in [-0.2, -0.15) is 0 Å². The smallest absolute Gasteiger partial charge is 0.155 e. The van der Waals surface area contributed by atoms with E-state index < -0.39 is 0 Å². The fourth-order valence-electron chi connectivity index (χ4n) is 14.8. The Labute approximate surface area is 280 Å². The first-order valence-electron chi connectivity index (χ1n) is 19.5. The quantitative estimate of drug-likeness (QED) is 0.310. The molecule has 6 saturated carbocycles. The predicted molar refractivity (Wildman–Crippen MR) is 187 cm³/mol. The third-order valence-corrected chi connectivity index (χ3v) is 17.2. The molecule has 0 aromatic heterocycles. The van der Waals surface area contributed by atoms with Crippen molar-refractivity contribution in [3.63, 3.8) is 0 Å². The van der Waals surface area contributed by atoms with Crippen LogP contribution < -0.4 is 0 Å². The molecule has 8 rings (SSSR count). The molecule has 0 radical (unpaired) electrons. The largest absolute Gasteiger partial charge is 0.393 e. The number of fused-ring (bicyclic) bond motifs is 10. The lowest BCUT2D eigenvalue weighted by atomic mass is 9.46. The summed E-state index contributed by atoms with van der Waals surface area (Å²) in [5, 5.41) is 10.3. The molecule has 1 N–H and O–H groups in total. The summed E-state index contributed by atoms with van der Waals surface area (Å²) in [6.45, 7) is 18.5. The van der Waals surface area contributed by atoms with E-state index in [-0.39, 0.29) is 11.5 Å². The van der Waals surface area contributed by atoms with Crippen LogP contribution in [0.25, 0.3) is 0 Å². The summed E-state index contributed by atoms with van der Waals surface area (Å²) in [5.41, 5.74) is 5.81. The molecule has 0 spiro atoms. The SMILES string of the molecule is C=C(C)[C@H]1CC[C@H]2[C@@H]3CCC4=CC(=O)CC[C@@]4(C)[C@@H]3CC[C@]12C.C[C@H](O)[C@H]1CC[C@H]2[C@@H]3CCC4=CC(=O)CC[C@@]4(C)[C@@H]3CC[C@]12C. The minimum atomic E-state index is -0.163. The van der Waals surface area contributed by atoms with Gasteiger partial charge in [-0.25, -0.2) is 0 Å². The molecule has 0 amide bonds. The Morgan fingerprint density at radius 3 is 1.65 bits per heavy atom. The second-order valence-corrected chi connectivity index (χ2v) is 18.9. The average molecular weight is 629 g/mol. The standard InChI is InChI=1S/C22H32O.C21H32O2/c1-14(2)18-7-8-19-17-6-5-15-13-16(23)9-11-21(15,3)20(17)10-12-22(18,19)4;1-13(22)17-6-7-18-16-5-4-14-12-15(23)8-10-20(14,2)19(16)9-11-21(17,18)3/h13,17-20H,1,5-12H2,2-4H3;12-13,16-19,22H,4-11H2,1-3H3/t17-,18+,19-,20+,21+,22+;13-,16-,17+,18-,19+,20+,21+/m00/s1. The lowest BCUT2D eigenvalue weighted by molar-refractivity contribution is -0.118. The van der Waals surface area contributed by atoms with E-state index in [2.05, 4.69) is 41.2 Å². The molecule has 0 heterocycles. The van der Waals surface area contributed by atoms with Gasteiger partial charge in [0.15, 0.2) is 11.6 Å². The summed E-state index contributed by atoms with van der Waals surface area (Å²) in [7, 11) is 0. The molecule has 254 valence electrons. The average Bonchev–Trinajstić information content (AvgIpc) is 3.55. The van der Waals surface area contributed by atoms with Crippen LogP contribution in [0.1, 0.15) is 144 Å². The number of carbonyl (C=O) groups excluding carboxylic acids is 2. The van der Waals surface area contributed by atoms with Gasteiger partial charge in [-0.3, -0.25) is 9.59 Å². The number of aliphatic hydroxyl groups is 1. The van der Waals surface area contributed by atoms with Crippen LogP contribution in [0.2, 0.25) is 0 Å². The molecule has 3 nitrogen and oxygen atoms in total. The maximum Gasteiger partial charge on any atom is 0.155 e. The topological polar surface area (TPSA) is 54.4 Å². The molecular formula is C43H64O3. The van der Waals surface area contributed by atoms with Gasteiger partial charge in [0, 0.05) is 12.8 Å². The van der Waals surface area contributed by atoms with Crippen molar-refractivity contribution in [3.8, 4) is 0 Å². The highest BCUT2D eigenvalue weighted by atomic mass is 16.3. The molecule has 0 saturated heterocycles. The third-order valence-electron chi connectivity index (χ3n) is 17.2. The molecule has 46 heavy (non-hydrogen) atoms. The monoisotopic (exact) mass is 628 g/mol. The zero-order chi connectivity index (χ0) is 32.8. The van der Waals surface area contributed by atoms with Crippen LogP contribution in [-0.2, 0) is 9.59 Å². The number of allylic oxidation sites excluding steroid dienone is 3. The third kappa shape index (κ3) is 4.88. The van der Waals surface area contributed by atoms with Crippen molar-refractivity contribution in [3.05, 3.63) is 35.5 Å². The molecular weight excluding hydrogens is 564 g/mol. The van der Waals surface area contributed by atoms with Gasteiger partial charge in [-0.05, 0) is 185 Å². The van der Waals surface area contributed by atoms with Crippen LogP contribution in [0.4, 0.5) is 0 Å². The summed E-state index contributed by atoms with van der Waals surface area (Å²) in [5.74, 6) is 6.92. The number of hydrogen-bond acceptors (Lipinski definition) is 3. The van der Waals surface area contributed by atoms with Gasteiger partial charge in [-0.15, -0.1) is 0 Å². The molecule has 0 unspecified atom stereocenters. The minimum Gasteiger partial charge on any atom is -0.393 e. The van der Waals surface area contributed by atoms with E-state index in [1.54, 1.807) is 0 Å². The van der Waals surface area contributed by atoms with E-state index in [0.717, 1.165) is 73.5 Å². The van der Waals surface area contributed by atoms with Gasteiger partial charge in [0.2, 0.25) is 0 Å². The minimum absolute atomic E-state index is 0.163. The number of rotatable bonds is 2. The van der Waals surface area contributed by atoms with Gasteiger partial charge in [0.05, 0.1) is 6.10 Å².